The van der Waals surface area contributed by atoms with E-state index in [0.29, 0.717) is 6.04 Å². The molecule has 1 atom stereocenters. The van der Waals surface area contributed by atoms with Gasteiger partial charge in [0.1, 0.15) is 5.75 Å². The predicted molar refractivity (Wildman–Crippen MR) is 82.1 cm³/mol. The summed E-state index contributed by atoms with van der Waals surface area (Å²) >= 11 is 0. The molecule has 3 nitrogen and oxygen atoms in total. The summed E-state index contributed by atoms with van der Waals surface area (Å²) in [6, 6.07) is 10.7. The van der Waals surface area contributed by atoms with Gasteiger partial charge in [-0.2, -0.15) is 0 Å². The molecule has 1 unspecified atom stereocenters. The first kappa shape index (κ1) is 14.5. The second kappa shape index (κ2) is 7.06. The number of aromatic nitrogens is 1. The Morgan fingerprint density at radius 1 is 1.20 bits per heavy atom. The molecule has 3 heteroatoms. The Morgan fingerprint density at radius 3 is 2.55 bits per heavy atom. The highest BCUT2D eigenvalue weighted by atomic mass is 16.5. The Morgan fingerprint density at radius 2 is 1.95 bits per heavy atom. The van der Waals surface area contributed by atoms with Crippen molar-refractivity contribution in [3.63, 3.8) is 0 Å². The van der Waals surface area contributed by atoms with E-state index in [1.54, 1.807) is 7.11 Å². The van der Waals surface area contributed by atoms with Gasteiger partial charge in [-0.3, -0.25) is 4.98 Å². The molecule has 0 bridgehead atoms. The first-order valence-electron chi connectivity index (χ1n) is 6.95. The molecule has 0 aliphatic carbocycles. The molecule has 0 radical (unpaired) electrons. The molecule has 0 aliphatic rings. The lowest BCUT2D eigenvalue weighted by atomic mass is 9.97. The van der Waals surface area contributed by atoms with Crippen molar-refractivity contribution >= 4 is 0 Å². The number of nitrogens with one attached hydrogen (secondary N) is 1. The van der Waals surface area contributed by atoms with Crippen LogP contribution in [-0.4, -0.2) is 19.1 Å². The van der Waals surface area contributed by atoms with Crippen LogP contribution in [0.4, 0.5) is 0 Å². The number of methoxy groups -OCH3 is 1. The molecular weight excluding hydrogens is 248 g/mol. The summed E-state index contributed by atoms with van der Waals surface area (Å²) in [5, 5.41) is 3.39. The van der Waals surface area contributed by atoms with Crippen LogP contribution in [0.25, 0.3) is 0 Å². The summed E-state index contributed by atoms with van der Waals surface area (Å²) in [6.45, 7) is 2.13. The van der Waals surface area contributed by atoms with Crippen LogP contribution < -0.4 is 10.1 Å². The monoisotopic (exact) mass is 270 g/mol. The van der Waals surface area contributed by atoms with Crippen LogP contribution in [0.1, 0.15) is 29.2 Å². The quantitative estimate of drug-likeness (QED) is 0.874. The van der Waals surface area contributed by atoms with Crippen LogP contribution >= 0.6 is 0 Å². The lowest BCUT2D eigenvalue weighted by Gasteiger charge is -2.18. The van der Waals surface area contributed by atoms with E-state index in [2.05, 4.69) is 35.4 Å². The first-order valence-corrected chi connectivity index (χ1v) is 6.95. The SMILES string of the molecule is CNC(CCc1ccc(OC)cc1)c1cnccc1C. The zero-order valence-corrected chi connectivity index (χ0v) is 12.4. The highest BCUT2D eigenvalue weighted by molar-refractivity contribution is 5.28. The molecule has 20 heavy (non-hydrogen) atoms. The van der Waals surface area contributed by atoms with Crippen molar-refractivity contribution in [3.8, 4) is 5.75 Å². The molecule has 0 amide bonds. The number of nitrogens with zero attached hydrogens (tertiary/aromatic N) is 1. The van der Waals surface area contributed by atoms with Gasteiger partial charge in [-0.15, -0.1) is 0 Å². The van der Waals surface area contributed by atoms with Crippen LogP contribution in [0.15, 0.2) is 42.7 Å². The van der Waals surface area contributed by atoms with Gasteiger partial charge < -0.3 is 10.1 Å². The van der Waals surface area contributed by atoms with Crippen molar-refractivity contribution in [3.05, 3.63) is 59.4 Å². The van der Waals surface area contributed by atoms with Gasteiger partial charge in [-0.25, -0.2) is 0 Å². The van der Waals surface area contributed by atoms with Gasteiger partial charge in [-0.05, 0) is 61.7 Å². The van der Waals surface area contributed by atoms with E-state index in [1.165, 1.54) is 16.7 Å². The smallest absolute Gasteiger partial charge is 0.118 e. The van der Waals surface area contributed by atoms with Gasteiger partial charge in [0.05, 0.1) is 7.11 Å². The highest BCUT2D eigenvalue weighted by Gasteiger charge is 2.11. The van der Waals surface area contributed by atoms with Gasteiger partial charge >= 0.3 is 0 Å². The molecule has 106 valence electrons. The molecule has 0 aliphatic heterocycles. The third-order valence-corrected chi connectivity index (χ3v) is 3.68. The molecule has 0 saturated carbocycles. The number of ether oxygens (including phenoxy) is 1. The lowest BCUT2D eigenvalue weighted by Crippen LogP contribution is -2.18. The molecule has 1 heterocycles. The van der Waals surface area contributed by atoms with Crippen molar-refractivity contribution in [2.45, 2.75) is 25.8 Å². The van der Waals surface area contributed by atoms with Gasteiger partial charge in [0, 0.05) is 18.4 Å². The zero-order valence-electron chi connectivity index (χ0n) is 12.4. The summed E-state index contributed by atoms with van der Waals surface area (Å²) in [6.07, 6.45) is 5.89. The summed E-state index contributed by atoms with van der Waals surface area (Å²) in [4.78, 5) is 4.24. The van der Waals surface area contributed by atoms with E-state index < -0.39 is 0 Å². The van der Waals surface area contributed by atoms with Crippen molar-refractivity contribution in [2.75, 3.05) is 14.2 Å². The average molecular weight is 270 g/mol. The van der Waals surface area contributed by atoms with Crippen LogP contribution in [0.2, 0.25) is 0 Å². The second-order valence-corrected chi connectivity index (χ2v) is 4.96. The van der Waals surface area contributed by atoms with E-state index in [9.17, 15) is 0 Å². The average Bonchev–Trinajstić information content (AvgIpc) is 2.50. The van der Waals surface area contributed by atoms with Crippen molar-refractivity contribution in [2.24, 2.45) is 0 Å². The molecule has 2 rings (SSSR count). The first-order chi connectivity index (χ1) is 9.74. The van der Waals surface area contributed by atoms with Crippen LogP contribution in [-0.2, 0) is 6.42 Å². The second-order valence-electron chi connectivity index (χ2n) is 4.96. The Labute approximate surface area is 121 Å². The fraction of sp³-hybridized carbons (Fsp3) is 0.353. The number of pyridine rings is 1. The fourth-order valence-corrected chi connectivity index (χ4v) is 2.40. The molecule has 0 saturated heterocycles. The Balaban J connectivity index is 2.02. The number of benzene rings is 1. The van der Waals surface area contributed by atoms with Gasteiger partial charge in [0.15, 0.2) is 0 Å². The maximum Gasteiger partial charge on any atom is 0.118 e. The highest BCUT2D eigenvalue weighted by Crippen LogP contribution is 2.22. The van der Waals surface area contributed by atoms with Crippen molar-refractivity contribution < 1.29 is 4.74 Å². The van der Waals surface area contributed by atoms with E-state index in [-0.39, 0.29) is 0 Å². The lowest BCUT2D eigenvalue weighted by molar-refractivity contribution is 0.414. The number of hydrogen-bond donors (Lipinski definition) is 1. The molecule has 1 N–H and O–H groups in total. The Hall–Kier alpha value is -1.87. The molecule has 0 fully saturated rings. The van der Waals surface area contributed by atoms with Crippen LogP contribution in [0, 0.1) is 6.92 Å². The summed E-state index contributed by atoms with van der Waals surface area (Å²) in [5.41, 5.74) is 3.89. The van der Waals surface area contributed by atoms with E-state index in [4.69, 9.17) is 4.74 Å². The fourth-order valence-electron chi connectivity index (χ4n) is 2.40. The van der Waals surface area contributed by atoms with Crippen molar-refractivity contribution in [1.29, 1.82) is 0 Å². The van der Waals surface area contributed by atoms with Crippen molar-refractivity contribution in [1.82, 2.24) is 10.3 Å². The van der Waals surface area contributed by atoms with Gasteiger partial charge in [-0.1, -0.05) is 12.1 Å². The topological polar surface area (TPSA) is 34.1 Å². The third kappa shape index (κ3) is 3.58. The van der Waals surface area contributed by atoms with Crippen LogP contribution in [0.5, 0.6) is 5.75 Å². The maximum absolute atomic E-state index is 5.18. The molecule has 1 aromatic heterocycles. The third-order valence-electron chi connectivity index (χ3n) is 3.68. The van der Waals surface area contributed by atoms with E-state index in [0.717, 1.165) is 18.6 Å². The van der Waals surface area contributed by atoms with Gasteiger partial charge in [0.2, 0.25) is 0 Å². The minimum Gasteiger partial charge on any atom is -0.497 e. The Kier molecular flexibility index (Phi) is 5.13. The standard InChI is InChI=1S/C17H22N2O/c1-13-10-11-19-12-16(13)17(18-2)9-6-14-4-7-15(20-3)8-5-14/h4-5,7-8,10-12,17-18H,6,9H2,1-3H3. The van der Waals surface area contributed by atoms with Gasteiger partial charge in [0.25, 0.3) is 0 Å². The minimum absolute atomic E-state index is 0.339. The number of hydrogen-bond acceptors (Lipinski definition) is 3. The zero-order chi connectivity index (χ0) is 14.4. The van der Waals surface area contributed by atoms with Crippen LogP contribution in [0.3, 0.4) is 0 Å². The normalized spacial score (nSPS) is 12.2. The summed E-state index contributed by atoms with van der Waals surface area (Å²) < 4.78 is 5.18. The molecule has 0 spiro atoms. The largest absolute Gasteiger partial charge is 0.497 e. The minimum atomic E-state index is 0.339. The molecule has 2 aromatic rings. The maximum atomic E-state index is 5.18. The molecule has 1 aromatic carbocycles. The Bertz CT molecular complexity index is 537. The summed E-state index contributed by atoms with van der Waals surface area (Å²) in [7, 11) is 3.70. The summed E-state index contributed by atoms with van der Waals surface area (Å²) in [5.74, 6) is 0.905. The number of rotatable bonds is 6. The molecular formula is C17H22N2O. The number of aryl methyl sites for hydroxylation is 2. The van der Waals surface area contributed by atoms with E-state index in [1.807, 2.05) is 31.6 Å². The predicted octanol–water partition coefficient (Wildman–Crippen LogP) is 3.29. The van der Waals surface area contributed by atoms with E-state index >= 15 is 0 Å².